The lowest BCUT2D eigenvalue weighted by Crippen LogP contribution is -2.52. The van der Waals surface area contributed by atoms with E-state index in [4.69, 9.17) is 5.11 Å². The Morgan fingerprint density at radius 3 is 2.70 bits per heavy atom. The quantitative estimate of drug-likeness (QED) is 0.658. The number of fused-ring (bicyclic) bond motifs is 5. The number of carbonyl (C=O) groups is 1. The van der Waals surface area contributed by atoms with Crippen molar-refractivity contribution < 1.29 is 15.0 Å². The molecule has 3 fully saturated rings. The first-order chi connectivity index (χ1) is 12.8. The Bertz CT molecular complexity index is 613. The largest absolute Gasteiger partial charge is 0.481 e. The fourth-order valence-electron chi connectivity index (χ4n) is 8.10. The molecule has 152 valence electrons. The third-order valence-electron chi connectivity index (χ3n) is 9.64. The molecule has 0 bridgehead atoms. The maximum absolute atomic E-state index is 11.0. The topological polar surface area (TPSA) is 57.5 Å². The van der Waals surface area contributed by atoms with Gasteiger partial charge in [0.05, 0.1) is 6.10 Å². The van der Waals surface area contributed by atoms with Gasteiger partial charge in [-0.15, -0.1) is 0 Å². The molecule has 0 aromatic carbocycles. The van der Waals surface area contributed by atoms with E-state index in [-0.39, 0.29) is 11.5 Å². The molecule has 4 aliphatic carbocycles. The summed E-state index contributed by atoms with van der Waals surface area (Å²) in [6, 6.07) is 0. The second-order valence-electron chi connectivity index (χ2n) is 10.8. The Hall–Kier alpha value is -0.830. The molecule has 2 unspecified atom stereocenters. The maximum Gasteiger partial charge on any atom is 0.303 e. The van der Waals surface area contributed by atoms with Gasteiger partial charge in [-0.2, -0.15) is 0 Å². The van der Waals surface area contributed by atoms with Crippen molar-refractivity contribution in [2.45, 2.75) is 84.7 Å². The van der Waals surface area contributed by atoms with Crippen LogP contribution in [0, 0.1) is 46.3 Å². The molecule has 0 heterocycles. The van der Waals surface area contributed by atoms with E-state index in [2.05, 4.69) is 32.9 Å². The molecule has 0 aromatic rings. The Kier molecular flexibility index (Phi) is 4.98. The van der Waals surface area contributed by atoms with E-state index in [0.29, 0.717) is 35.5 Å². The van der Waals surface area contributed by atoms with Gasteiger partial charge in [-0.1, -0.05) is 32.9 Å². The van der Waals surface area contributed by atoms with Crippen molar-refractivity contribution in [1.82, 2.24) is 0 Å². The zero-order valence-electron chi connectivity index (χ0n) is 17.4. The van der Waals surface area contributed by atoms with E-state index in [1.165, 1.54) is 32.1 Å². The molecule has 3 nitrogen and oxygen atoms in total. The lowest BCUT2D eigenvalue weighted by molar-refractivity contribution is -0.137. The van der Waals surface area contributed by atoms with Gasteiger partial charge in [0.25, 0.3) is 0 Å². The summed E-state index contributed by atoms with van der Waals surface area (Å²) in [6.07, 6.45) is 14.5. The maximum atomic E-state index is 11.0. The van der Waals surface area contributed by atoms with Crippen LogP contribution >= 0.6 is 0 Å². The Morgan fingerprint density at radius 2 is 1.96 bits per heavy atom. The number of aliphatic hydroxyl groups is 1. The normalized spacial score (nSPS) is 49.8. The number of carboxylic acid groups (broad SMARTS) is 1. The number of allylic oxidation sites excluding steroid dienone is 2. The lowest BCUT2D eigenvalue weighted by atomic mass is 9.46. The average molecular weight is 375 g/mol. The number of hydrogen-bond acceptors (Lipinski definition) is 2. The summed E-state index contributed by atoms with van der Waals surface area (Å²) < 4.78 is 0. The van der Waals surface area contributed by atoms with E-state index < -0.39 is 5.97 Å². The molecule has 0 aromatic heterocycles. The molecule has 3 saturated carbocycles. The summed E-state index contributed by atoms with van der Waals surface area (Å²) in [5.41, 5.74) is 0.615. The van der Waals surface area contributed by atoms with Crippen molar-refractivity contribution in [3.63, 3.8) is 0 Å². The summed E-state index contributed by atoms with van der Waals surface area (Å²) in [5.74, 6) is 3.35. The van der Waals surface area contributed by atoms with Crippen molar-refractivity contribution in [2.24, 2.45) is 46.3 Å². The van der Waals surface area contributed by atoms with Crippen molar-refractivity contribution in [2.75, 3.05) is 0 Å². The molecule has 3 heteroatoms. The van der Waals surface area contributed by atoms with E-state index in [0.717, 1.165) is 31.1 Å². The molecule has 0 aliphatic heterocycles. The smallest absolute Gasteiger partial charge is 0.303 e. The zero-order valence-corrected chi connectivity index (χ0v) is 17.4. The first-order valence-electron chi connectivity index (χ1n) is 11.3. The Morgan fingerprint density at radius 1 is 1.19 bits per heavy atom. The summed E-state index contributed by atoms with van der Waals surface area (Å²) in [4.78, 5) is 11.0. The van der Waals surface area contributed by atoms with Crippen LogP contribution in [0.4, 0.5) is 0 Å². The highest BCUT2D eigenvalue weighted by Gasteiger charge is 2.58. The first kappa shape index (κ1) is 19.5. The molecular formula is C24H38O3. The number of aliphatic hydroxyl groups excluding tert-OH is 1. The van der Waals surface area contributed by atoms with Crippen LogP contribution < -0.4 is 0 Å². The molecule has 2 N–H and O–H groups in total. The fraction of sp³-hybridized carbons (Fsp3) is 0.875. The first-order valence-corrected chi connectivity index (χ1v) is 11.3. The van der Waals surface area contributed by atoms with E-state index in [9.17, 15) is 9.90 Å². The zero-order chi connectivity index (χ0) is 19.4. The van der Waals surface area contributed by atoms with Crippen LogP contribution in [-0.2, 0) is 4.79 Å². The average Bonchev–Trinajstić information content (AvgIpc) is 2.97. The highest BCUT2D eigenvalue weighted by Crippen LogP contribution is 2.66. The van der Waals surface area contributed by atoms with Gasteiger partial charge in [-0.25, -0.2) is 0 Å². The molecule has 27 heavy (non-hydrogen) atoms. The molecule has 0 saturated heterocycles. The van der Waals surface area contributed by atoms with Crippen LogP contribution in [0.5, 0.6) is 0 Å². The van der Waals surface area contributed by atoms with Crippen LogP contribution in [0.2, 0.25) is 0 Å². The Balaban J connectivity index is 1.56. The predicted octanol–water partition coefficient (Wildman–Crippen LogP) is 5.28. The van der Waals surface area contributed by atoms with Gasteiger partial charge in [0.15, 0.2) is 0 Å². The van der Waals surface area contributed by atoms with Gasteiger partial charge in [0.2, 0.25) is 0 Å². The van der Waals surface area contributed by atoms with E-state index in [1.807, 2.05) is 0 Å². The number of carboxylic acids is 1. The summed E-state index contributed by atoms with van der Waals surface area (Å²) in [5, 5.41) is 19.3. The third kappa shape index (κ3) is 3.09. The second kappa shape index (κ2) is 6.90. The molecule has 0 radical (unpaired) electrons. The predicted molar refractivity (Wildman–Crippen MR) is 107 cm³/mol. The van der Waals surface area contributed by atoms with Gasteiger partial charge in [0, 0.05) is 6.42 Å². The lowest BCUT2D eigenvalue weighted by Gasteiger charge is -2.58. The minimum atomic E-state index is -0.661. The molecule has 4 rings (SSSR count). The minimum absolute atomic E-state index is 0.0802. The van der Waals surface area contributed by atoms with Crippen LogP contribution in [0.15, 0.2) is 12.2 Å². The summed E-state index contributed by atoms with van der Waals surface area (Å²) in [6.45, 7) is 7.26. The highest BCUT2D eigenvalue weighted by molar-refractivity contribution is 5.66. The van der Waals surface area contributed by atoms with Gasteiger partial charge in [-0.3, -0.25) is 4.79 Å². The molecule has 0 amide bonds. The van der Waals surface area contributed by atoms with Crippen LogP contribution in [0.25, 0.3) is 0 Å². The van der Waals surface area contributed by atoms with Crippen molar-refractivity contribution >= 4 is 5.97 Å². The summed E-state index contributed by atoms with van der Waals surface area (Å²) in [7, 11) is 0. The van der Waals surface area contributed by atoms with Crippen molar-refractivity contribution in [3.05, 3.63) is 12.2 Å². The SMILES string of the molecule is C[C@H](CCC(=O)O)[C@H]1CCC2[C@@H]3CC[C@@H]4C[C@H](O)CC[C@]4(C)C3C=C[C@@]21C. The minimum Gasteiger partial charge on any atom is -0.481 e. The highest BCUT2D eigenvalue weighted by atomic mass is 16.4. The number of rotatable bonds is 4. The van der Waals surface area contributed by atoms with Crippen molar-refractivity contribution in [3.8, 4) is 0 Å². The van der Waals surface area contributed by atoms with Crippen LogP contribution in [0.1, 0.15) is 78.6 Å². The Labute approximate surface area is 164 Å². The van der Waals surface area contributed by atoms with Crippen molar-refractivity contribution in [1.29, 1.82) is 0 Å². The van der Waals surface area contributed by atoms with Gasteiger partial charge >= 0.3 is 5.97 Å². The van der Waals surface area contributed by atoms with Gasteiger partial charge < -0.3 is 10.2 Å². The van der Waals surface area contributed by atoms with Crippen LogP contribution in [0.3, 0.4) is 0 Å². The molecule has 9 atom stereocenters. The fourth-order valence-corrected chi connectivity index (χ4v) is 8.10. The third-order valence-corrected chi connectivity index (χ3v) is 9.64. The molecule has 0 spiro atoms. The summed E-state index contributed by atoms with van der Waals surface area (Å²) >= 11 is 0. The molecular weight excluding hydrogens is 336 g/mol. The number of aliphatic carboxylic acids is 1. The standard InChI is InChI=1S/C24H38O3/c1-15(4-9-22(26)27)19-7-8-20-18-6-5-16-14-17(25)10-12-23(16,2)21(18)11-13-24(19,20)3/h11,13,15-21,25H,4-10,12,14H2,1-3H3,(H,26,27)/t15-,16-,17-,18+,19-,20?,21?,23+,24-/m1/s1. The molecule has 4 aliphatic rings. The second-order valence-corrected chi connectivity index (χ2v) is 10.8. The van der Waals surface area contributed by atoms with Crippen LogP contribution in [-0.4, -0.2) is 22.3 Å². The number of hydrogen-bond donors (Lipinski definition) is 2. The van der Waals surface area contributed by atoms with E-state index in [1.54, 1.807) is 0 Å². The van der Waals surface area contributed by atoms with Gasteiger partial charge in [-0.05, 0) is 97.7 Å². The van der Waals surface area contributed by atoms with Gasteiger partial charge in [0.1, 0.15) is 0 Å². The van der Waals surface area contributed by atoms with E-state index >= 15 is 0 Å². The monoisotopic (exact) mass is 374 g/mol.